The van der Waals surface area contributed by atoms with E-state index in [9.17, 15) is 4.79 Å². The van der Waals surface area contributed by atoms with E-state index in [1.807, 2.05) is 0 Å². The van der Waals surface area contributed by atoms with E-state index in [2.05, 4.69) is 31.2 Å². The van der Waals surface area contributed by atoms with Gasteiger partial charge in [-0.1, -0.05) is 49.1 Å². The summed E-state index contributed by atoms with van der Waals surface area (Å²) in [7, 11) is 0. The molecule has 1 aromatic rings. The molecule has 0 spiro atoms. The molecule has 0 N–H and O–H groups in total. The lowest BCUT2D eigenvalue weighted by molar-refractivity contribution is -0.121. The molecule has 1 atom stereocenters. The van der Waals surface area contributed by atoms with Crippen LogP contribution >= 0.6 is 0 Å². The second-order valence-electron chi connectivity index (χ2n) is 4.88. The molecule has 0 radical (unpaired) electrons. The van der Waals surface area contributed by atoms with Crippen LogP contribution < -0.4 is 0 Å². The maximum absolute atomic E-state index is 12.1. The maximum Gasteiger partial charge on any atom is 0.140 e. The first-order chi connectivity index (χ1) is 7.77. The van der Waals surface area contributed by atoms with Crippen molar-refractivity contribution < 1.29 is 4.79 Å². The third-order valence-corrected chi connectivity index (χ3v) is 3.53. The zero-order chi connectivity index (χ0) is 11.4. The molecule has 0 unspecified atom stereocenters. The first-order valence-corrected chi connectivity index (χ1v) is 6.36. The fourth-order valence-electron chi connectivity index (χ4n) is 2.49. The number of hydrogen-bond acceptors (Lipinski definition) is 1. The fourth-order valence-corrected chi connectivity index (χ4v) is 2.49. The van der Waals surface area contributed by atoms with Crippen LogP contribution in [0.1, 0.15) is 55.6 Å². The van der Waals surface area contributed by atoms with Crippen LogP contribution in [0.3, 0.4) is 0 Å². The van der Waals surface area contributed by atoms with Crippen LogP contribution in [-0.4, -0.2) is 5.78 Å². The molecule has 1 aliphatic carbocycles. The second-order valence-corrected chi connectivity index (χ2v) is 4.88. The van der Waals surface area contributed by atoms with E-state index in [1.54, 1.807) is 0 Å². The highest BCUT2D eigenvalue weighted by Gasteiger charge is 2.21. The molecule has 16 heavy (non-hydrogen) atoms. The topological polar surface area (TPSA) is 17.1 Å². The predicted molar refractivity (Wildman–Crippen MR) is 66.6 cm³/mol. The molecule has 0 amide bonds. The predicted octanol–water partition coefficient (Wildman–Crippen LogP) is 4.00. The van der Waals surface area contributed by atoms with E-state index in [0.29, 0.717) is 5.78 Å². The summed E-state index contributed by atoms with van der Waals surface area (Å²) in [4.78, 5) is 12.1. The maximum atomic E-state index is 12.1. The monoisotopic (exact) mass is 216 g/mol. The Morgan fingerprint density at radius 3 is 2.44 bits per heavy atom. The molecule has 0 bridgehead atoms. The van der Waals surface area contributed by atoms with Gasteiger partial charge in [-0.2, -0.15) is 0 Å². The number of aryl methyl sites for hydroxylation is 1. The third-order valence-electron chi connectivity index (χ3n) is 3.53. The first-order valence-electron chi connectivity index (χ1n) is 6.36. The van der Waals surface area contributed by atoms with Crippen LogP contribution in [0.2, 0.25) is 0 Å². The van der Waals surface area contributed by atoms with E-state index in [0.717, 1.165) is 19.3 Å². The molecule has 1 aromatic carbocycles. The number of hydrogen-bond donors (Lipinski definition) is 0. The van der Waals surface area contributed by atoms with E-state index >= 15 is 0 Å². The summed E-state index contributed by atoms with van der Waals surface area (Å²) in [6.45, 7) is 2.09. The average Bonchev–Trinajstić information content (AvgIpc) is 2.26. The number of ketones is 1. The summed E-state index contributed by atoms with van der Waals surface area (Å²) in [5, 5.41) is 0. The summed E-state index contributed by atoms with van der Waals surface area (Å²) in [6.07, 6.45) is 6.62. The van der Waals surface area contributed by atoms with Crippen molar-refractivity contribution >= 4 is 5.78 Å². The highest BCUT2D eigenvalue weighted by molar-refractivity contribution is 5.85. The lowest BCUT2D eigenvalue weighted by Crippen LogP contribution is -2.14. The Hall–Kier alpha value is -1.11. The van der Waals surface area contributed by atoms with Crippen molar-refractivity contribution in [3.8, 4) is 0 Å². The highest BCUT2D eigenvalue weighted by Crippen LogP contribution is 2.28. The van der Waals surface area contributed by atoms with Gasteiger partial charge in [0.05, 0.1) is 0 Å². The number of carbonyl (C=O) groups excluding carboxylic acids is 1. The Balaban J connectivity index is 2.15. The molecular weight excluding hydrogens is 196 g/mol. The van der Waals surface area contributed by atoms with Gasteiger partial charge in [0.2, 0.25) is 0 Å². The third kappa shape index (κ3) is 2.72. The van der Waals surface area contributed by atoms with Gasteiger partial charge in [-0.05, 0) is 25.3 Å². The van der Waals surface area contributed by atoms with Crippen LogP contribution in [0, 0.1) is 6.92 Å². The van der Waals surface area contributed by atoms with Crippen LogP contribution in [0.15, 0.2) is 24.3 Å². The number of carbonyl (C=O) groups is 1. The second kappa shape index (κ2) is 5.29. The lowest BCUT2D eigenvalue weighted by atomic mass is 9.85. The summed E-state index contributed by atoms with van der Waals surface area (Å²) < 4.78 is 0. The molecule has 1 nitrogen and oxygen atoms in total. The average molecular weight is 216 g/mol. The Morgan fingerprint density at radius 2 is 1.69 bits per heavy atom. The first kappa shape index (κ1) is 11.4. The fraction of sp³-hybridized carbons (Fsp3) is 0.533. The summed E-state index contributed by atoms with van der Waals surface area (Å²) in [5.74, 6) is 0.615. The quantitative estimate of drug-likeness (QED) is 0.693. The van der Waals surface area contributed by atoms with Gasteiger partial charge in [0.1, 0.15) is 5.78 Å². The van der Waals surface area contributed by atoms with Crippen molar-refractivity contribution in [3.63, 3.8) is 0 Å². The molecule has 86 valence electrons. The van der Waals surface area contributed by atoms with Crippen molar-refractivity contribution in [2.24, 2.45) is 0 Å². The molecule has 1 fully saturated rings. The van der Waals surface area contributed by atoms with Gasteiger partial charge >= 0.3 is 0 Å². The van der Waals surface area contributed by atoms with E-state index < -0.39 is 0 Å². The SMILES string of the molecule is Cc1ccc([C@@H]2CCCCCCC2=O)cc1. The van der Waals surface area contributed by atoms with Gasteiger partial charge in [-0.25, -0.2) is 0 Å². The van der Waals surface area contributed by atoms with Gasteiger partial charge in [0.15, 0.2) is 0 Å². The van der Waals surface area contributed by atoms with E-state index in [1.165, 1.54) is 30.4 Å². The van der Waals surface area contributed by atoms with Gasteiger partial charge in [-0.15, -0.1) is 0 Å². The minimum atomic E-state index is 0.167. The zero-order valence-corrected chi connectivity index (χ0v) is 10.0. The Kier molecular flexibility index (Phi) is 3.76. The van der Waals surface area contributed by atoms with Crippen molar-refractivity contribution in [1.82, 2.24) is 0 Å². The normalized spacial score (nSPS) is 22.6. The summed E-state index contributed by atoms with van der Waals surface area (Å²) in [6, 6.07) is 8.47. The summed E-state index contributed by atoms with van der Waals surface area (Å²) >= 11 is 0. The number of benzene rings is 1. The van der Waals surface area contributed by atoms with E-state index in [4.69, 9.17) is 0 Å². The van der Waals surface area contributed by atoms with Crippen molar-refractivity contribution in [2.75, 3.05) is 0 Å². The van der Waals surface area contributed by atoms with Crippen LogP contribution in [0.5, 0.6) is 0 Å². The standard InChI is InChI=1S/C15H20O/c1-12-8-10-13(11-9-12)14-6-4-2-3-5-7-15(14)16/h8-11,14H,2-7H2,1H3/t14-/m0/s1. The molecule has 1 saturated carbocycles. The van der Waals surface area contributed by atoms with E-state index in [-0.39, 0.29) is 5.92 Å². The molecule has 2 rings (SSSR count). The zero-order valence-electron chi connectivity index (χ0n) is 10.0. The molecule has 1 aliphatic rings. The molecule has 0 saturated heterocycles. The largest absolute Gasteiger partial charge is 0.299 e. The highest BCUT2D eigenvalue weighted by atomic mass is 16.1. The van der Waals surface area contributed by atoms with Gasteiger partial charge in [0.25, 0.3) is 0 Å². The smallest absolute Gasteiger partial charge is 0.140 e. The number of rotatable bonds is 1. The molecule has 0 aromatic heterocycles. The van der Waals surface area contributed by atoms with Crippen LogP contribution in [0.4, 0.5) is 0 Å². The van der Waals surface area contributed by atoms with Gasteiger partial charge in [0, 0.05) is 12.3 Å². The van der Waals surface area contributed by atoms with Gasteiger partial charge in [-0.3, -0.25) is 4.79 Å². The van der Waals surface area contributed by atoms with Gasteiger partial charge < -0.3 is 0 Å². The molecule has 1 heteroatoms. The van der Waals surface area contributed by atoms with Crippen molar-refractivity contribution in [1.29, 1.82) is 0 Å². The number of Topliss-reactive ketones (excluding diaryl/α,β-unsaturated/α-hetero) is 1. The minimum Gasteiger partial charge on any atom is -0.299 e. The molecular formula is C15H20O. The molecule has 0 aliphatic heterocycles. The van der Waals surface area contributed by atoms with Crippen LogP contribution in [-0.2, 0) is 4.79 Å². The van der Waals surface area contributed by atoms with Crippen molar-refractivity contribution in [2.45, 2.75) is 51.4 Å². The van der Waals surface area contributed by atoms with Crippen molar-refractivity contribution in [3.05, 3.63) is 35.4 Å². The lowest BCUT2D eigenvalue weighted by Gasteiger charge is -2.19. The minimum absolute atomic E-state index is 0.167. The Bertz CT molecular complexity index is 350. The summed E-state index contributed by atoms with van der Waals surface area (Å²) in [5.41, 5.74) is 2.49. The Labute approximate surface area is 97.9 Å². The van der Waals surface area contributed by atoms with Crippen LogP contribution in [0.25, 0.3) is 0 Å². The molecule has 0 heterocycles. The Morgan fingerprint density at radius 1 is 1.00 bits per heavy atom.